The molecular weight excluding hydrogens is 518 g/mol. The SMILES string of the molecule is CCCCCCCC1=NN2C(=N)C(=Cc3cn(CCOc4cc(C)cc(CC)c4)c4ccccc34)C(=O)N=C2S1. The molecule has 0 bridgehead atoms. The average molecular weight is 556 g/mol. The first-order valence-corrected chi connectivity index (χ1v) is 15.1. The fourth-order valence-corrected chi connectivity index (χ4v) is 6.04. The standard InChI is InChI=1S/C32H37N5O2S/c1-4-6-7-8-9-14-29-35-37-30(33)27(31(38)34-32(37)40-29)20-24-21-36(28-13-11-10-12-26(24)28)15-16-39-25-18-22(3)17-23(5-2)19-25/h10-13,17-21,33H,4-9,14-16H2,1-3H3. The van der Waals surface area contributed by atoms with Crippen LogP contribution in [0.3, 0.4) is 0 Å². The molecule has 1 amide bonds. The molecule has 0 fully saturated rings. The Bertz CT molecular complexity index is 1520. The molecule has 2 aliphatic rings. The lowest BCUT2D eigenvalue weighted by Crippen LogP contribution is -2.35. The van der Waals surface area contributed by atoms with E-state index in [2.05, 4.69) is 59.7 Å². The van der Waals surface area contributed by atoms with E-state index in [4.69, 9.17) is 10.1 Å². The molecule has 0 atom stereocenters. The number of hydrogen-bond donors (Lipinski definition) is 1. The Morgan fingerprint density at radius 1 is 1.07 bits per heavy atom. The Kier molecular flexibility index (Phi) is 8.85. The van der Waals surface area contributed by atoms with E-state index in [1.165, 1.54) is 53.6 Å². The number of aromatic nitrogens is 1. The van der Waals surface area contributed by atoms with Gasteiger partial charge in [-0.1, -0.05) is 63.8 Å². The van der Waals surface area contributed by atoms with Crippen LogP contribution in [0.25, 0.3) is 17.0 Å². The number of para-hydroxylation sites is 1. The van der Waals surface area contributed by atoms with Gasteiger partial charge in [0, 0.05) is 22.7 Å². The minimum absolute atomic E-state index is 0.0785. The van der Waals surface area contributed by atoms with Crippen molar-refractivity contribution in [1.82, 2.24) is 9.58 Å². The lowest BCUT2D eigenvalue weighted by molar-refractivity contribution is -0.114. The number of ether oxygens (including phenoxy) is 1. The van der Waals surface area contributed by atoms with Crippen LogP contribution in [-0.2, 0) is 17.8 Å². The third kappa shape index (κ3) is 6.22. The van der Waals surface area contributed by atoms with E-state index >= 15 is 0 Å². The number of nitrogens with zero attached hydrogens (tertiary/aromatic N) is 4. The second kappa shape index (κ2) is 12.7. The van der Waals surface area contributed by atoms with Crippen LogP contribution in [0, 0.1) is 12.3 Å². The molecule has 0 spiro atoms. The van der Waals surface area contributed by atoms with E-state index in [-0.39, 0.29) is 11.4 Å². The van der Waals surface area contributed by atoms with E-state index in [9.17, 15) is 4.79 Å². The lowest BCUT2D eigenvalue weighted by atomic mass is 10.1. The van der Waals surface area contributed by atoms with Gasteiger partial charge in [0.05, 0.1) is 12.1 Å². The molecule has 208 valence electrons. The van der Waals surface area contributed by atoms with Gasteiger partial charge in [-0.25, -0.2) is 0 Å². The number of rotatable bonds is 12. The smallest absolute Gasteiger partial charge is 0.283 e. The van der Waals surface area contributed by atoms with Gasteiger partial charge in [-0.2, -0.15) is 15.1 Å². The molecule has 2 aromatic carbocycles. The van der Waals surface area contributed by atoms with E-state index in [0.29, 0.717) is 18.3 Å². The fourth-order valence-electron chi connectivity index (χ4n) is 5.12. The number of thioether (sulfide) groups is 1. The normalized spacial score (nSPS) is 16.1. The van der Waals surface area contributed by atoms with Crippen LogP contribution in [0.5, 0.6) is 5.75 Å². The molecule has 2 aliphatic heterocycles. The van der Waals surface area contributed by atoms with Crippen LogP contribution >= 0.6 is 11.8 Å². The lowest BCUT2D eigenvalue weighted by Gasteiger charge is -2.20. The molecule has 3 aromatic rings. The number of aryl methyl sites for hydroxylation is 2. The van der Waals surface area contributed by atoms with Crippen LogP contribution in [0.1, 0.15) is 69.1 Å². The molecule has 0 radical (unpaired) electrons. The van der Waals surface area contributed by atoms with E-state index in [1.54, 1.807) is 6.08 Å². The molecule has 0 saturated carbocycles. The van der Waals surface area contributed by atoms with E-state index < -0.39 is 5.91 Å². The van der Waals surface area contributed by atoms with Gasteiger partial charge in [-0.05, 0) is 73.4 Å². The van der Waals surface area contributed by atoms with Gasteiger partial charge in [0.2, 0.25) is 5.17 Å². The number of amides is 1. The zero-order chi connectivity index (χ0) is 28.1. The molecule has 1 aromatic heterocycles. The highest BCUT2D eigenvalue weighted by molar-refractivity contribution is 8.26. The van der Waals surface area contributed by atoms with Gasteiger partial charge in [0.1, 0.15) is 17.4 Å². The number of carbonyl (C=O) groups is 1. The van der Waals surface area contributed by atoms with Crippen LogP contribution in [0.15, 0.2) is 64.3 Å². The summed E-state index contributed by atoms with van der Waals surface area (Å²) in [6.07, 6.45) is 11.6. The summed E-state index contributed by atoms with van der Waals surface area (Å²) >= 11 is 1.41. The Hall–Kier alpha value is -3.65. The molecule has 3 heterocycles. The Morgan fingerprint density at radius 2 is 1.90 bits per heavy atom. The minimum Gasteiger partial charge on any atom is -0.492 e. The van der Waals surface area contributed by atoms with Crippen LogP contribution < -0.4 is 4.74 Å². The van der Waals surface area contributed by atoms with Crippen molar-refractivity contribution in [2.75, 3.05) is 6.61 Å². The number of unbranched alkanes of at least 4 members (excludes halogenated alkanes) is 4. The van der Waals surface area contributed by atoms with Crippen LogP contribution in [0.2, 0.25) is 0 Å². The first-order chi connectivity index (χ1) is 19.5. The molecule has 40 heavy (non-hydrogen) atoms. The van der Waals surface area contributed by atoms with Gasteiger partial charge in [0.15, 0.2) is 5.84 Å². The summed E-state index contributed by atoms with van der Waals surface area (Å²) in [5.41, 5.74) is 4.64. The van der Waals surface area contributed by atoms with Crippen molar-refractivity contribution in [2.24, 2.45) is 10.1 Å². The summed E-state index contributed by atoms with van der Waals surface area (Å²) in [4.78, 5) is 17.3. The molecule has 0 unspecified atom stereocenters. The Balaban J connectivity index is 1.32. The van der Waals surface area contributed by atoms with Crippen molar-refractivity contribution < 1.29 is 9.53 Å². The highest BCUT2D eigenvalue weighted by Crippen LogP contribution is 2.31. The Morgan fingerprint density at radius 3 is 2.73 bits per heavy atom. The molecule has 5 rings (SSSR count). The predicted molar refractivity (Wildman–Crippen MR) is 166 cm³/mol. The maximum absolute atomic E-state index is 13.0. The molecular formula is C32H37N5O2S. The van der Waals surface area contributed by atoms with E-state index in [0.717, 1.165) is 46.5 Å². The number of amidine groups is 2. The third-order valence-electron chi connectivity index (χ3n) is 7.23. The second-order valence-electron chi connectivity index (χ2n) is 10.3. The van der Waals surface area contributed by atoms with Crippen molar-refractivity contribution in [1.29, 1.82) is 5.41 Å². The molecule has 8 heteroatoms. The van der Waals surface area contributed by atoms with Crippen molar-refractivity contribution in [3.8, 4) is 5.75 Å². The first-order valence-electron chi connectivity index (χ1n) is 14.3. The summed E-state index contributed by atoms with van der Waals surface area (Å²) in [6, 6.07) is 14.5. The van der Waals surface area contributed by atoms with Gasteiger partial charge in [0.25, 0.3) is 5.91 Å². The van der Waals surface area contributed by atoms with Crippen LogP contribution in [0.4, 0.5) is 0 Å². The quantitative estimate of drug-likeness (QED) is 0.185. The van der Waals surface area contributed by atoms with Crippen molar-refractivity contribution in [2.45, 2.75) is 72.3 Å². The van der Waals surface area contributed by atoms with Crippen molar-refractivity contribution in [3.63, 3.8) is 0 Å². The zero-order valence-electron chi connectivity index (χ0n) is 23.6. The summed E-state index contributed by atoms with van der Waals surface area (Å²) in [5.74, 6) is 0.569. The minimum atomic E-state index is -0.394. The van der Waals surface area contributed by atoms with Gasteiger partial charge in [-0.3, -0.25) is 10.2 Å². The molecule has 0 saturated heterocycles. The highest BCUT2D eigenvalue weighted by atomic mass is 32.2. The fraction of sp³-hybridized carbons (Fsp3) is 0.375. The molecule has 1 N–H and O–H groups in total. The van der Waals surface area contributed by atoms with Gasteiger partial charge < -0.3 is 9.30 Å². The summed E-state index contributed by atoms with van der Waals surface area (Å²) in [6.45, 7) is 7.62. The van der Waals surface area contributed by atoms with Gasteiger partial charge >= 0.3 is 0 Å². The average Bonchev–Trinajstić information content (AvgIpc) is 3.52. The monoisotopic (exact) mass is 555 g/mol. The largest absolute Gasteiger partial charge is 0.492 e. The number of fused-ring (bicyclic) bond motifs is 2. The summed E-state index contributed by atoms with van der Waals surface area (Å²) < 4.78 is 8.26. The number of aliphatic imine (C=N–C) groups is 1. The van der Waals surface area contributed by atoms with Gasteiger partial charge in [-0.15, -0.1) is 0 Å². The maximum atomic E-state index is 13.0. The predicted octanol–water partition coefficient (Wildman–Crippen LogP) is 7.57. The number of hydrazone groups is 1. The summed E-state index contributed by atoms with van der Waals surface area (Å²) in [5, 5.41) is 17.4. The third-order valence-corrected chi connectivity index (χ3v) is 8.20. The Labute approximate surface area is 240 Å². The topological polar surface area (TPSA) is 83.0 Å². The zero-order valence-corrected chi connectivity index (χ0v) is 24.4. The van der Waals surface area contributed by atoms with Crippen molar-refractivity contribution >= 4 is 50.7 Å². The first kappa shape index (κ1) is 27.9. The molecule has 7 nitrogen and oxygen atoms in total. The van der Waals surface area contributed by atoms with Crippen molar-refractivity contribution in [3.05, 3.63) is 70.9 Å². The highest BCUT2D eigenvalue weighted by Gasteiger charge is 2.35. The number of hydrogen-bond acceptors (Lipinski definition) is 5. The number of benzene rings is 2. The number of nitrogens with one attached hydrogen (secondary N) is 1. The van der Waals surface area contributed by atoms with E-state index in [1.807, 2.05) is 24.4 Å². The van der Waals surface area contributed by atoms with Crippen LogP contribution in [-0.4, -0.2) is 38.1 Å². The second-order valence-corrected chi connectivity index (χ2v) is 11.4. The number of carbonyl (C=O) groups excluding carboxylic acids is 1. The maximum Gasteiger partial charge on any atom is 0.283 e. The molecule has 0 aliphatic carbocycles. The summed E-state index contributed by atoms with van der Waals surface area (Å²) in [7, 11) is 0.